The van der Waals surface area contributed by atoms with Gasteiger partial charge in [0.15, 0.2) is 0 Å². The number of halogens is 1. The number of methoxy groups -OCH3 is 1. The molecule has 0 aliphatic heterocycles. The zero-order valence-corrected chi connectivity index (χ0v) is 19.2. The topological polar surface area (TPSA) is 83.0 Å². The van der Waals surface area contributed by atoms with Crippen molar-refractivity contribution in [1.82, 2.24) is 10.7 Å². The van der Waals surface area contributed by atoms with Gasteiger partial charge < -0.3 is 15.0 Å². The summed E-state index contributed by atoms with van der Waals surface area (Å²) in [6.45, 7) is 9.55. The van der Waals surface area contributed by atoms with Crippen molar-refractivity contribution in [2.24, 2.45) is 11.0 Å². The highest BCUT2D eigenvalue weighted by Gasteiger charge is 2.24. The van der Waals surface area contributed by atoms with Gasteiger partial charge in [-0.25, -0.2) is 9.82 Å². The molecule has 32 heavy (non-hydrogen) atoms. The highest BCUT2D eigenvalue weighted by molar-refractivity contribution is 5.97. The Morgan fingerprint density at radius 1 is 1.12 bits per heavy atom. The molecule has 8 heteroatoms. The fourth-order valence-corrected chi connectivity index (χ4v) is 3.19. The number of hydrazone groups is 1. The molecule has 0 heterocycles. The summed E-state index contributed by atoms with van der Waals surface area (Å²) in [5, 5.41) is 6.72. The van der Waals surface area contributed by atoms with Gasteiger partial charge in [-0.3, -0.25) is 9.59 Å². The third-order valence-electron chi connectivity index (χ3n) is 5.07. The van der Waals surface area contributed by atoms with Crippen LogP contribution < -0.4 is 20.4 Å². The second-order valence-corrected chi connectivity index (χ2v) is 7.53. The molecule has 1 atom stereocenters. The van der Waals surface area contributed by atoms with Crippen molar-refractivity contribution in [2.75, 3.05) is 25.1 Å². The normalized spacial score (nSPS) is 12.0. The van der Waals surface area contributed by atoms with Crippen molar-refractivity contribution in [2.45, 2.75) is 33.7 Å². The second-order valence-electron chi connectivity index (χ2n) is 7.53. The van der Waals surface area contributed by atoms with Gasteiger partial charge in [0.05, 0.1) is 13.3 Å². The first-order valence-electron chi connectivity index (χ1n) is 10.6. The van der Waals surface area contributed by atoms with Crippen molar-refractivity contribution >= 4 is 23.7 Å². The maximum absolute atomic E-state index is 13.1. The minimum atomic E-state index is -0.809. The van der Waals surface area contributed by atoms with Crippen LogP contribution in [0.5, 0.6) is 5.75 Å². The molecule has 0 aliphatic carbocycles. The van der Waals surface area contributed by atoms with E-state index in [-0.39, 0.29) is 11.5 Å². The Kier molecular flexibility index (Phi) is 9.19. The Morgan fingerprint density at radius 3 is 2.34 bits per heavy atom. The van der Waals surface area contributed by atoms with Crippen LogP contribution in [0.25, 0.3) is 0 Å². The number of carbonyl (C=O) groups excluding carboxylic acids is 2. The SMILES string of the molecule is CCN(CC)c1ccc(C=NNC(=O)C(NC(=O)c2ccc(F)cc2)C(C)C)c(OC)c1. The van der Waals surface area contributed by atoms with E-state index < -0.39 is 23.7 Å². The van der Waals surface area contributed by atoms with E-state index >= 15 is 0 Å². The number of hydrogen-bond acceptors (Lipinski definition) is 5. The van der Waals surface area contributed by atoms with Crippen LogP contribution in [0.2, 0.25) is 0 Å². The summed E-state index contributed by atoms with van der Waals surface area (Å²) in [4.78, 5) is 27.2. The van der Waals surface area contributed by atoms with Crippen LogP contribution in [0.3, 0.4) is 0 Å². The standard InChI is InChI=1S/C24H31FN4O3/c1-6-29(7-2)20-13-10-18(21(14-20)32-5)15-26-28-24(31)22(16(3)4)27-23(30)17-8-11-19(25)12-9-17/h8-16,22H,6-7H2,1-5H3,(H,27,30)(H,28,31). The summed E-state index contributed by atoms with van der Waals surface area (Å²) in [5.41, 5.74) is 4.50. The summed E-state index contributed by atoms with van der Waals surface area (Å²) in [5.74, 6) is -0.897. The van der Waals surface area contributed by atoms with E-state index in [9.17, 15) is 14.0 Å². The molecule has 0 saturated carbocycles. The Labute approximate surface area is 188 Å². The van der Waals surface area contributed by atoms with Crippen LogP contribution in [0.15, 0.2) is 47.6 Å². The Hall–Kier alpha value is -3.42. The lowest BCUT2D eigenvalue weighted by Gasteiger charge is -2.22. The van der Waals surface area contributed by atoms with E-state index in [2.05, 4.69) is 34.6 Å². The summed E-state index contributed by atoms with van der Waals surface area (Å²) >= 11 is 0. The molecule has 7 nitrogen and oxygen atoms in total. The van der Waals surface area contributed by atoms with Gasteiger partial charge in [-0.05, 0) is 56.2 Å². The molecule has 172 valence electrons. The van der Waals surface area contributed by atoms with E-state index in [1.165, 1.54) is 30.5 Å². The fraction of sp³-hybridized carbons (Fsp3) is 0.375. The molecular weight excluding hydrogens is 411 g/mol. The van der Waals surface area contributed by atoms with E-state index in [0.717, 1.165) is 18.8 Å². The van der Waals surface area contributed by atoms with Gasteiger partial charge in [0.1, 0.15) is 17.6 Å². The van der Waals surface area contributed by atoms with Crippen LogP contribution in [0, 0.1) is 11.7 Å². The predicted octanol–water partition coefficient (Wildman–Crippen LogP) is 3.59. The zero-order valence-electron chi connectivity index (χ0n) is 19.2. The molecule has 0 aliphatic rings. The molecule has 2 aromatic carbocycles. The lowest BCUT2D eigenvalue weighted by Crippen LogP contribution is -2.48. The van der Waals surface area contributed by atoms with Gasteiger partial charge >= 0.3 is 0 Å². The van der Waals surface area contributed by atoms with Crippen molar-refractivity contribution < 1.29 is 18.7 Å². The molecule has 2 aromatic rings. The molecule has 0 spiro atoms. The number of amides is 2. The highest BCUT2D eigenvalue weighted by Crippen LogP contribution is 2.24. The molecular formula is C24H31FN4O3. The van der Waals surface area contributed by atoms with Gasteiger partial charge in [-0.15, -0.1) is 0 Å². The summed E-state index contributed by atoms with van der Waals surface area (Å²) in [7, 11) is 1.58. The predicted molar refractivity (Wildman–Crippen MR) is 125 cm³/mol. The van der Waals surface area contributed by atoms with E-state index in [0.29, 0.717) is 11.3 Å². The van der Waals surface area contributed by atoms with E-state index in [4.69, 9.17) is 4.74 Å². The first-order chi connectivity index (χ1) is 15.3. The summed E-state index contributed by atoms with van der Waals surface area (Å²) < 4.78 is 18.5. The lowest BCUT2D eigenvalue weighted by molar-refractivity contribution is -0.123. The van der Waals surface area contributed by atoms with Gasteiger partial charge in [0.25, 0.3) is 11.8 Å². The Morgan fingerprint density at radius 2 is 1.78 bits per heavy atom. The summed E-state index contributed by atoms with van der Waals surface area (Å²) in [6, 6.07) is 10.1. The van der Waals surface area contributed by atoms with Crippen molar-refractivity contribution in [3.8, 4) is 5.75 Å². The largest absolute Gasteiger partial charge is 0.496 e. The van der Waals surface area contributed by atoms with E-state index in [1.54, 1.807) is 7.11 Å². The molecule has 2 N–H and O–H groups in total. The molecule has 0 radical (unpaired) electrons. The van der Waals surface area contributed by atoms with Gasteiger partial charge in [0.2, 0.25) is 0 Å². The molecule has 2 rings (SSSR count). The maximum atomic E-state index is 13.1. The van der Waals surface area contributed by atoms with Crippen LogP contribution in [0.4, 0.5) is 10.1 Å². The minimum absolute atomic E-state index is 0.183. The quantitative estimate of drug-likeness (QED) is 0.435. The molecule has 2 amide bonds. The number of nitrogens with zero attached hydrogens (tertiary/aromatic N) is 2. The van der Waals surface area contributed by atoms with Crippen molar-refractivity contribution in [3.63, 3.8) is 0 Å². The Balaban J connectivity index is 2.07. The second kappa shape index (κ2) is 11.8. The van der Waals surface area contributed by atoms with Crippen LogP contribution in [-0.2, 0) is 4.79 Å². The molecule has 0 aromatic heterocycles. The summed E-state index contributed by atoms with van der Waals surface area (Å²) in [6.07, 6.45) is 1.50. The number of ether oxygens (including phenoxy) is 1. The van der Waals surface area contributed by atoms with Crippen LogP contribution >= 0.6 is 0 Å². The number of benzene rings is 2. The fourth-order valence-electron chi connectivity index (χ4n) is 3.19. The average Bonchev–Trinajstić information content (AvgIpc) is 2.78. The first-order valence-corrected chi connectivity index (χ1v) is 10.6. The third-order valence-corrected chi connectivity index (χ3v) is 5.07. The Bertz CT molecular complexity index is 941. The molecule has 0 saturated heterocycles. The average molecular weight is 443 g/mol. The zero-order chi connectivity index (χ0) is 23.7. The monoisotopic (exact) mass is 442 g/mol. The van der Waals surface area contributed by atoms with Gasteiger partial charge in [-0.2, -0.15) is 5.10 Å². The molecule has 1 unspecified atom stereocenters. The van der Waals surface area contributed by atoms with Gasteiger partial charge in [0, 0.05) is 36.0 Å². The minimum Gasteiger partial charge on any atom is -0.496 e. The van der Waals surface area contributed by atoms with Crippen LogP contribution in [-0.4, -0.2) is 44.3 Å². The molecule has 0 fully saturated rings. The van der Waals surface area contributed by atoms with E-state index in [1.807, 2.05) is 32.0 Å². The van der Waals surface area contributed by atoms with Gasteiger partial charge in [-0.1, -0.05) is 13.8 Å². The van der Waals surface area contributed by atoms with Crippen molar-refractivity contribution in [3.05, 3.63) is 59.4 Å². The third kappa shape index (κ3) is 6.54. The maximum Gasteiger partial charge on any atom is 0.262 e. The highest BCUT2D eigenvalue weighted by atomic mass is 19.1. The van der Waals surface area contributed by atoms with Crippen LogP contribution in [0.1, 0.15) is 43.6 Å². The smallest absolute Gasteiger partial charge is 0.262 e. The number of nitrogens with one attached hydrogen (secondary N) is 2. The lowest BCUT2D eigenvalue weighted by atomic mass is 10.0. The first kappa shape index (κ1) is 24.8. The van der Waals surface area contributed by atoms with Crippen molar-refractivity contribution in [1.29, 1.82) is 0 Å². The number of hydrogen-bond donors (Lipinski definition) is 2. The number of rotatable bonds is 10. The number of carbonyl (C=O) groups is 2. The molecule has 0 bridgehead atoms. The number of anilines is 1.